The Hall–Kier alpha value is -2.53. The SMILES string of the molecule is CCNC(=O)[C@H](CC)N(Cc1ccccc1)C(=O)COc1ccccc1Cl. The molecule has 0 aliphatic carbocycles. The molecule has 0 radical (unpaired) electrons. The first-order valence-corrected chi connectivity index (χ1v) is 9.43. The fourth-order valence-corrected chi connectivity index (χ4v) is 2.97. The van der Waals surface area contributed by atoms with Gasteiger partial charge in [-0.05, 0) is 31.0 Å². The average molecular weight is 389 g/mol. The Kier molecular flexibility index (Phi) is 8.14. The topological polar surface area (TPSA) is 58.6 Å². The molecule has 0 fully saturated rings. The Morgan fingerprint density at radius 1 is 1.07 bits per heavy atom. The van der Waals surface area contributed by atoms with Gasteiger partial charge < -0.3 is 15.0 Å². The molecule has 0 bridgehead atoms. The zero-order valence-corrected chi connectivity index (χ0v) is 16.4. The van der Waals surface area contributed by atoms with E-state index in [1.165, 1.54) is 0 Å². The number of hydrogen-bond donors (Lipinski definition) is 1. The number of likely N-dealkylation sites (N-methyl/N-ethyl adjacent to an activating group) is 1. The average Bonchev–Trinajstić information content (AvgIpc) is 2.68. The van der Waals surface area contributed by atoms with Gasteiger partial charge in [-0.3, -0.25) is 9.59 Å². The molecular weight excluding hydrogens is 364 g/mol. The highest BCUT2D eigenvalue weighted by atomic mass is 35.5. The quantitative estimate of drug-likeness (QED) is 0.713. The van der Waals surface area contributed by atoms with Crippen LogP contribution in [0.25, 0.3) is 0 Å². The maximum atomic E-state index is 12.9. The second kappa shape index (κ2) is 10.6. The molecule has 0 spiro atoms. The van der Waals surface area contributed by atoms with Crippen LogP contribution >= 0.6 is 11.6 Å². The molecule has 0 saturated carbocycles. The number of ether oxygens (including phenoxy) is 1. The molecular formula is C21H25ClN2O3. The predicted molar refractivity (Wildman–Crippen MR) is 107 cm³/mol. The second-order valence-electron chi connectivity index (χ2n) is 6.04. The Balaban J connectivity index is 2.17. The fourth-order valence-electron chi connectivity index (χ4n) is 2.78. The molecule has 0 heterocycles. The number of para-hydroxylation sites is 1. The molecule has 0 aromatic heterocycles. The van der Waals surface area contributed by atoms with E-state index in [1.807, 2.05) is 44.2 Å². The fraction of sp³-hybridized carbons (Fsp3) is 0.333. The van der Waals surface area contributed by atoms with Gasteiger partial charge in [0.2, 0.25) is 5.91 Å². The third-order valence-electron chi connectivity index (χ3n) is 4.12. The Morgan fingerprint density at radius 3 is 2.37 bits per heavy atom. The molecule has 1 N–H and O–H groups in total. The Labute approximate surface area is 165 Å². The van der Waals surface area contributed by atoms with Crippen molar-refractivity contribution < 1.29 is 14.3 Å². The van der Waals surface area contributed by atoms with Gasteiger partial charge >= 0.3 is 0 Å². The van der Waals surface area contributed by atoms with E-state index < -0.39 is 6.04 Å². The van der Waals surface area contributed by atoms with Gasteiger partial charge in [-0.25, -0.2) is 0 Å². The van der Waals surface area contributed by atoms with Gasteiger partial charge in [-0.1, -0.05) is 61.0 Å². The number of hydrogen-bond acceptors (Lipinski definition) is 3. The van der Waals surface area contributed by atoms with Crippen molar-refractivity contribution in [3.63, 3.8) is 0 Å². The van der Waals surface area contributed by atoms with Crippen LogP contribution in [0.15, 0.2) is 54.6 Å². The number of carbonyl (C=O) groups is 2. The van der Waals surface area contributed by atoms with Crippen LogP contribution in [0.5, 0.6) is 5.75 Å². The van der Waals surface area contributed by atoms with Crippen molar-refractivity contribution >= 4 is 23.4 Å². The summed E-state index contributed by atoms with van der Waals surface area (Å²) in [7, 11) is 0. The van der Waals surface area contributed by atoms with Crippen LogP contribution < -0.4 is 10.1 Å². The summed E-state index contributed by atoms with van der Waals surface area (Å²) in [5.74, 6) is 0.0112. The highest BCUT2D eigenvalue weighted by Crippen LogP contribution is 2.23. The van der Waals surface area contributed by atoms with Gasteiger partial charge in [0.25, 0.3) is 5.91 Å². The third-order valence-corrected chi connectivity index (χ3v) is 4.43. The normalized spacial score (nSPS) is 11.5. The maximum Gasteiger partial charge on any atom is 0.261 e. The number of nitrogens with one attached hydrogen (secondary N) is 1. The smallest absolute Gasteiger partial charge is 0.261 e. The summed E-state index contributed by atoms with van der Waals surface area (Å²) in [4.78, 5) is 27.0. The molecule has 0 aliphatic rings. The first-order chi connectivity index (χ1) is 13.1. The lowest BCUT2D eigenvalue weighted by Gasteiger charge is -2.30. The molecule has 2 amide bonds. The van der Waals surface area contributed by atoms with Gasteiger partial charge in [-0.15, -0.1) is 0 Å². The van der Waals surface area contributed by atoms with Crippen molar-refractivity contribution in [2.24, 2.45) is 0 Å². The van der Waals surface area contributed by atoms with Crippen molar-refractivity contribution in [1.29, 1.82) is 0 Å². The number of rotatable bonds is 9. The van der Waals surface area contributed by atoms with Crippen molar-refractivity contribution in [3.8, 4) is 5.75 Å². The zero-order valence-electron chi connectivity index (χ0n) is 15.7. The van der Waals surface area contributed by atoms with E-state index in [2.05, 4.69) is 5.32 Å². The van der Waals surface area contributed by atoms with Crippen molar-refractivity contribution in [1.82, 2.24) is 10.2 Å². The van der Waals surface area contributed by atoms with Crippen LogP contribution in [0.3, 0.4) is 0 Å². The predicted octanol–water partition coefficient (Wildman–Crippen LogP) is 3.66. The number of carbonyl (C=O) groups excluding carboxylic acids is 2. The van der Waals surface area contributed by atoms with Crippen LogP contribution in [-0.2, 0) is 16.1 Å². The molecule has 6 heteroatoms. The molecule has 144 valence electrons. The van der Waals surface area contributed by atoms with E-state index in [0.29, 0.717) is 30.3 Å². The van der Waals surface area contributed by atoms with E-state index >= 15 is 0 Å². The summed E-state index contributed by atoms with van der Waals surface area (Å²) in [5.41, 5.74) is 0.950. The molecule has 1 atom stereocenters. The minimum atomic E-state index is -0.562. The molecule has 2 aromatic rings. The number of nitrogens with zero attached hydrogens (tertiary/aromatic N) is 1. The van der Waals surface area contributed by atoms with Gasteiger partial charge in [0.15, 0.2) is 6.61 Å². The van der Waals surface area contributed by atoms with Crippen LogP contribution in [0.2, 0.25) is 5.02 Å². The van der Waals surface area contributed by atoms with Gasteiger partial charge in [0, 0.05) is 13.1 Å². The molecule has 0 saturated heterocycles. The third kappa shape index (κ3) is 6.00. The number of benzene rings is 2. The van der Waals surface area contributed by atoms with Gasteiger partial charge in [0.05, 0.1) is 5.02 Å². The Morgan fingerprint density at radius 2 is 1.74 bits per heavy atom. The summed E-state index contributed by atoms with van der Waals surface area (Å²) in [6, 6.07) is 16.0. The molecule has 5 nitrogen and oxygen atoms in total. The first-order valence-electron chi connectivity index (χ1n) is 9.05. The molecule has 2 aromatic carbocycles. The lowest BCUT2D eigenvalue weighted by Crippen LogP contribution is -2.50. The number of halogens is 1. The summed E-state index contributed by atoms with van der Waals surface area (Å²) in [6.07, 6.45) is 0.510. The van der Waals surface area contributed by atoms with Crippen molar-refractivity contribution in [3.05, 3.63) is 65.2 Å². The molecule has 2 rings (SSSR count). The first kappa shape index (κ1) is 20.8. The van der Waals surface area contributed by atoms with Crippen molar-refractivity contribution in [2.75, 3.05) is 13.2 Å². The summed E-state index contributed by atoms with van der Waals surface area (Å²) in [6.45, 7) is 4.40. The van der Waals surface area contributed by atoms with Gasteiger partial charge in [0.1, 0.15) is 11.8 Å². The summed E-state index contributed by atoms with van der Waals surface area (Å²) in [5, 5.41) is 3.25. The lowest BCUT2D eigenvalue weighted by molar-refractivity contribution is -0.142. The zero-order chi connectivity index (χ0) is 19.6. The van der Waals surface area contributed by atoms with Crippen molar-refractivity contribution in [2.45, 2.75) is 32.9 Å². The Bertz CT molecular complexity index is 752. The highest BCUT2D eigenvalue weighted by Gasteiger charge is 2.28. The highest BCUT2D eigenvalue weighted by molar-refractivity contribution is 6.32. The molecule has 27 heavy (non-hydrogen) atoms. The van der Waals surface area contributed by atoms with Crippen LogP contribution in [0.4, 0.5) is 0 Å². The molecule has 0 unspecified atom stereocenters. The lowest BCUT2D eigenvalue weighted by atomic mass is 10.1. The minimum absolute atomic E-state index is 0.165. The standard InChI is InChI=1S/C21H25ClN2O3/c1-3-18(21(26)23-4-2)24(14-16-10-6-5-7-11-16)20(25)15-27-19-13-9-8-12-17(19)22/h5-13,18H,3-4,14-15H2,1-2H3,(H,23,26)/t18-/m0/s1. The van der Waals surface area contributed by atoms with Gasteiger partial charge in [-0.2, -0.15) is 0 Å². The van der Waals surface area contributed by atoms with E-state index in [9.17, 15) is 9.59 Å². The summed E-state index contributed by atoms with van der Waals surface area (Å²) >= 11 is 6.08. The van der Waals surface area contributed by atoms with Crippen LogP contribution in [-0.4, -0.2) is 35.9 Å². The van der Waals surface area contributed by atoms with E-state index in [0.717, 1.165) is 5.56 Å². The van der Waals surface area contributed by atoms with E-state index in [1.54, 1.807) is 29.2 Å². The van der Waals surface area contributed by atoms with Crippen LogP contribution in [0, 0.1) is 0 Å². The maximum absolute atomic E-state index is 12.9. The number of amides is 2. The summed E-state index contributed by atoms with van der Waals surface area (Å²) < 4.78 is 5.60. The van der Waals surface area contributed by atoms with Crippen LogP contribution in [0.1, 0.15) is 25.8 Å². The van der Waals surface area contributed by atoms with E-state index in [-0.39, 0.29) is 18.4 Å². The minimum Gasteiger partial charge on any atom is -0.482 e. The largest absolute Gasteiger partial charge is 0.482 e. The van der Waals surface area contributed by atoms with E-state index in [4.69, 9.17) is 16.3 Å². The second-order valence-corrected chi connectivity index (χ2v) is 6.45. The molecule has 0 aliphatic heterocycles. The monoisotopic (exact) mass is 388 g/mol.